The SMILES string of the molecule is CC(C)(C)OC(=O)N1CCc2cc(Nc3ncc4c(n3)SCN(c3nccs3)C4=O)ccc2C1(C)C. The number of thiazole rings is 1. The Balaban J connectivity index is 1.33. The summed E-state index contributed by atoms with van der Waals surface area (Å²) in [6, 6.07) is 6.08. The molecule has 0 saturated carbocycles. The quantitative estimate of drug-likeness (QED) is 0.454. The van der Waals surface area contributed by atoms with Gasteiger partial charge in [0.25, 0.3) is 5.91 Å². The molecule has 188 valence electrons. The molecule has 4 heterocycles. The van der Waals surface area contributed by atoms with Crippen molar-refractivity contribution in [2.75, 3.05) is 22.6 Å². The first kappa shape index (κ1) is 24.5. The largest absolute Gasteiger partial charge is 0.444 e. The monoisotopic (exact) mass is 524 g/mol. The maximum Gasteiger partial charge on any atom is 0.411 e. The number of carbonyl (C=O) groups is 2. The van der Waals surface area contributed by atoms with Crippen molar-refractivity contribution in [3.8, 4) is 0 Å². The Hall–Kier alpha value is -3.18. The highest BCUT2D eigenvalue weighted by Crippen LogP contribution is 2.38. The van der Waals surface area contributed by atoms with Gasteiger partial charge in [0.2, 0.25) is 5.95 Å². The molecule has 0 saturated heterocycles. The number of anilines is 3. The van der Waals surface area contributed by atoms with Crippen LogP contribution in [0.2, 0.25) is 0 Å². The molecule has 2 aromatic heterocycles. The molecule has 0 radical (unpaired) electrons. The number of ether oxygens (including phenoxy) is 1. The molecule has 11 heteroatoms. The summed E-state index contributed by atoms with van der Waals surface area (Å²) in [5.41, 5.74) is 2.52. The summed E-state index contributed by atoms with van der Waals surface area (Å²) in [5, 5.41) is 6.44. The van der Waals surface area contributed by atoms with Crippen molar-refractivity contribution in [3.05, 3.63) is 52.7 Å². The highest BCUT2D eigenvalue weighted by atomic mass is 32.2. The van der Waals surface area contributed by atoms with E-state index in [0.29, 0.717) is 34.1 Å². The normalized spacial score (nSPS) is 16.9. The molecule has 0 aliphatic carbocycles. The molecular weight excluding hydrogens is 496 g/mol. The third-order valence-corrected chi connectivity index (χ3v) is 7.89. The van der Waals surface area contributed by atoms with Crippen molar-refractivity contribution in [2.24, 2.45) is 0 Å². The van der Waals surface area contributed by atoms with E-state index in [0.717, 1.165) is 23.2 Å². The van der Waals surface area contributed by atoms with E-state index < -0.39 is 11.1 Å². The number of nitrogens with one attached hydrogen (secondary N) is 1. The predicted molar refractivity (Wildman–Crippen MR) is 141 cm³/mol. The zero-order valence-corrected chi connectivity index (χ0v) is 22.5. The van der Waals surface area contributed by atoms with Gasteiger partial charge in [0.15, 0.2) is 5.13 Å². The van der Waals surface area contributed by atoms with Crippen molar-refractivity contribution < 1.29 is 14.3 Å². The number of rotatable bonds is 3. The third-order valence-electron chi connectivity index (χ3n) is 6.12. The smallest absolute Gasteiger partial charge is 0.411 e. The zero-order chi connectivity index (χ0) is 25.7. The van der Waals surface area contributed by atoms with Crippen LogP contribution in [0, 0.1) is 0 Å². The number of amides is 2. The van der Waals surface area contributed by atoms with Gasteiger partial charge in [-0.2, -0.15) is 0 Å². The number of aromatic nitrogens is 3. The van der Waals surface area contributed by atoms with Crippen LogP contribution in [0.15, 0.2) is 41.0 Å². The van der Waals surface area contributed by atoms with Crippen molar-refractivity contribution in [1.29, 1.82) is 0 Å². The molecule has 0 spiro atoms. The van der Waals surface area contributed by atoms with Gasteiger partial charge in [0, 0.05) is 30.0 Å². The van der Waals surface area contributed by atoms with Crippen LogP contribution in [0.5, 0.6) is 0 Å². The predicted octanol–water partition coefficient (Wildman–Crippen LogP) is 5.42. The summed E-state index contributed by atoms with van der Waals surface area (Å²) in [7, 11) is 0. The number of hydrogen-bond donors (Lipinski definition) is 1. The zero-order valence-electron chi connectivity index (χ0n) is 20.9. The fourth-order valence-electron chi connectivity index (χ4n) is 4.40. The molecule has 0 atom stereocenters. The van der Waals surface area contributed by atoms with E-state index in [4.69, 9.17) is 4.74 Å². The van der Waals surface area contributed by atoms with Gasteiger partial charge < -0.3 is 10.1 Å². The number of hydrogen-bond acceptors (Lipinski definition) is 9. The highest BCUT2D eigenvalue weighted by Gasteiger charge is 2.39. The van der Waals surface area contributed by atoms with Gasteiger partial charge >= 0.3 is 6.09 Å². The Bertz CT molecular complexity index is 1320. The second-order valence-electron chi connectivity index (χ2n) is 10.2. The van der Waals surface area contributed by atoms with Crippen LogP contribution in [0.25, 0.3) is 0 Å². The van der Waals surface area contributed by atoms with E-state index in [2.05, 4.69) is 26.3 Å². The molecule has 2 aliphatic rings. The van der Waals surface area contributed by atoms with Gasteiger partial charge in [-0.25, -0.2) is 19.7 Å². The van der Waals surface area contributed by atoms with Crippen molar-refractivity contribution in [1.82, 2.24) is 19.9 Å². The van der Waals surface area contributed by atoms with Crippen LogP contribution >= 0.6 is 23.1 Å². The molecule has 0 fully saturated rings. The average molecular weight is 525 g/mol. The van der Waals surface area contributed by atoms with E-state index in [9.17, 15) is 9.59 Å². The standard InChI is InChI=1S/C25H28N6O3S2/c1-24(2,3)34-23(33)31-10-8-15-12-16(6-7-18(15)25(31,4)5)28-21-27-13-17-19(29-21)36-14-30(20(17)32)22-26-9-11-35-22/h6-7,9,11-13H,8,10,14H2,1-5H3,(H,27,28,29). The summed E-state index contributed by atoms with van der Waals surface area (Å²) >= 11 is 2.91. The summed E-state index contributed by atoms with van der Waals surface area (Å²) in [4.78, 5) is 42.4. The number of benzene rings is 1. The van der Waals surface area contributed by atoms with Crippen LogP contribution in [0.1, 0.15) is 56.1 Å². The van der Waals surface area contributed by atoms with Gasteiger partial charge in [0.05, 0.1) is 17.0 Å². The molecule has 9 nitrogen and oxygen atoms in total. The van der Waals surface area contributed by atoms with Crippen LogP contribution in [0.4, 0.5) is 21.6 Å². The minimum atomic E-state index is -0.544. The Labute approximate surface area is 218 Å². The average Bonchev–Trinajstić information content (AvgIpc) is 3.32. The first-order valence-electron chi connectivity index (χ1n) is 11.7. The second-order valence-corrected chi connectivity index (χ2v) is 12.0. The van der Waals surface area contributed by atoms with Crippen molar-refractivity contribution >= 4 is 51.9 Å². The maximum absolute atomic E-state index is 12.9. The Morgan fingerprint density at radius 3 is 2.75 bits per heavy atom. The van der Waals surface area contributed by atoms with Gasteiger partial charge in [-0.15, -0.1) is 11.3 Å². The fourth-order valence-corrected chi connectivity index (χ4v) is 6.06. The lowest BCUT2D eigenvalue weighted by molar-refractivity contribution is -0.000307. The molecule has 2 amide bonds. The maximum atomic E-state index is 12.9. The molecule has 0 unspecified atom stereocenters. The Morgan fingerprint density at radius 1 is 1.22 bits per heavy atom. The molecular formula is C25H28N6O3S2. The highest BCUT2D eigenvalue weighted by molar-refractivity contribution is 7.99. The molecule has 1 N–H and O–H groups in total. The summed E-state index contributed by atoms with van der Waals surface area (Å²) in [6.45, 7) is 10.3. The Kier molecular flexibility index (Phi) is 6.16. The number of fused-ring (bicyclic) bond motifs is 2. The minimum Gasteiger partial charge on any atom is -0.444 e. The first-order chi connectivity index (χ1) is 17.0. The van der Waals surface area contributed by atoms with Gasteiger partial charge in [-0.1, -0.05) is 17.8 Å². The first-order valence-corrected chi connectivity index (χ1v) is 13.5. The molecule has 2 aliphatic heterocycles. The van der Waals surface area contributed by atoms with Crippen LogP contribution in [-0.4, -0.2) is 49.9 Å². The van der Waals surface area contributed by atoms with Crippen LogP contribution in [0.3, 0.4) is 0 Å². The van der Waals surface area contributed by atoms with Crippen molar-refractivity contribution in [3.63, 3.8) is 0 Å². The summed E-state index contributed by atoms with van der Waals surface area (Å²) in [5.74, 6) is 0.746. The topological polar surface area (TPSA) is 101 Å². The van der Waals surface area contributed by atoms with Gasteiger partial charge in [0.1, 0.15) is 10.6 Å². The lowest BCUT2D eigenvalue weighted by atomic mass is 9.83. The van der Waals surface area contributed by atoms with Gasteiger partial charge in [-0.05, 0) is 64.3 Å². The molecule has 5 rings (SSSR count). The summed E-state index contributed by atoms with van der Waals surface area (Å²) in [6.07, 6.45) is 3.67. The van der Waals surface area contributed by atoms with E-state index in [1.807, 2.05) is 52.1 Å². The van der Waals surface area contributed by atoms with Crippen LogP contribution in [-0.2, 0) is 16.7 Å². The number of nitrogens with zero attached hydrogens (tertiary/aromatic N) is 5. The van der Waals surface area contributed by atoms with E-state index >= 15 is 0 Å². The lowest BCUT2D eigenvalue weighted by Gasteiger charge is -2.44. The van der Waals surface area contributed by atoms with E-state index in [1.54, 1.807) is 22.2 Å². The number of carbonyl (C=O) groups excluding carboxylic acids is 2. The van der Waals surface area contributed by atoms with Crippen LogP contribution < -0.4 is 10.2 Å². The minimum absolute atomic E-state index is 0.143. The fraction of sp³-hybridized carbons (Fsp3) is 0.400. The Morgan fingerprint density at radius 2 is 2.03 bits per heavy atom. The second kappa shape index (κ2) is 9.04. The van der Waals surface area contributed by atoms with E-state index in [-0.39, 0.29) is 12.0 Å². The third kappa shape index (κ3) is 4.64. The molecule has 36 heavy (non-hydrogen) atoms. The van der Waals surface area contributed by atoms with E-state index in [1.165, 1.54) is 23.1 Å². The molecule has 3 aromatic rings. The number of thioether (sulfide) groups is 1. The van der Waals surface area contributed by atoms with Crippen molar-refractivity contribution in [2.45, 2.75) is 57.2 Å². The summed E-state index contributed by atoms with van der Waals surface area (Å²) < 4.78 is 5.64. The molecule has 1 aromatic carbocycles. The lowest BCUT2D eigenvalue weighted by Crippen LogP contribution is -2.51. The van der Waals surface area contributed by atoms with Gasteiger partial charge in [-0.3, -0.25) is 14.6 Å². The molecule has 0 bridgehead atoms.